The Morgan fingerprint density at radius 2 is 1.84 bits per heavy atom. The van der Waals surface area contributed by atoms with E-state index in [-0.39, 0.29) is 23.9 Å². The van der Waals surface area contributed by atoms with Crippen molar-refractivity contribution in [2.75, 3.05) is 13.1 Å². The van der Waals surface area contributed by atoms with Crippen LogP contribution in [0.1, 0.15) is 18.4 Å². The molecule has 0 saturated carbocycles. The maximum absolute atomic E-state index is 13.4. The third-order valence-corrected chi connectivity index (χ3v) is 3.35. The summed E-state index contributed by atoms with van der Waals surface area (Å²) in [5.74, 6) is -4.37. The Hall–Kier alpha value is -1.56. The molecule has 1 aromatic carbocycles. The lowest BCUT2D eigenvalue weighted by Crippen LogP contribution is -2.43. The highest BCUT2D eigenvalue weighted by molar-refractivity contribution is 5.79. The molecule has 6 heteroatoms. The van der Waals surface area contributed by atoms with E-state index in [0.717, 1.165) is 12.1 Å². The van der Waals surface area contributed by atoms with E-state index in [0.29, 0.717) is 25.9 Å². The van der Waals surface area contributed by atoms with Gasteiger partial charge in [0.15, 0.2) is 17.5 Å². The molecule has 104 valence electrons. The van der Waals surface area contributed by atoms with Gasteiger partial charge in [-0.25, -0.2) is 13.2 Å². The number of piperidine rings is 1. The van der Waals surface area contributed by atoms with E-state index >= 15 is 0 Å². The molecule has 3 nitrogen and oxygen atoms in total. The summed E-state index contributed by atoms with van der Waals surface area (Å²) in [7, 11) is 0. The smallest absolute Gasteiger partial charge is 0.227 e. The van der Waals surface area contributed by atoms with Crippen molar-refractivity contribution in [1.82, 2.24) is 4.90 Å². The Morgan fingerprint density at radius 1 is 1.21 bits per heavy atom. The van der Waals surface area contributed by atoms with Gasteiger partial charge < -0.3 is 10.6 Å². The summed E-state index contributed by atoms with van der Waals surface area (Å²) < 4.78 is 39.3. The van der Waals surface area contributed by atoms with Crippen LogP contribution in [0.2, 0.25) is 0 Å². The molecule has 0 unspecified atom stereocenters. The molecule has 1 fully saturated rings. The molecule has 0 radical (unpaired) electrons. The van der Waals surface area contributed by atoms with E-state index < -0.39 is 17.5 Å². The zero-order valence-electron chi connectivity index (χ0n) is 10.3. The first-order chi connectivity index (χ1) is 8.99. The fourth-order valence-corrected chi connectivity index (χ4v) is 2.13. The van der Waals surface area contributed by atoms with E-state index in [4.69, 9.17) is 5.73 Å². The van der Waals surface area contributed by atoms with Gasteiger partial charge in [-0.1, -0.05) is 6.07 Å². The van der Waals surface area contributed by atoms with Gasteiger partial charge in [0.25, 0.3) is 0 Å². The lowest BCUT2D eigenvalue weighted by atomic mass is 10.0. The van der Waals surface area contributed by atoms with Gasteiger partial charge in [-0.15, -0.1) is 0 Å². The van der Waals surface area contributed by atoms with Crippen LogP contribution < -0.4 is 5.73 Å². The quantitative estimate of drug-likeness (QED) is 0.831. The number of amides is 1. The number of nitrogens with two attached hydrogens (primary N) is 1. The number of hydrogen-bond acceptors (Lipinski definition) is 2. The Bertz CT molecular complexity index is 485. The minimum atomic E-state index is -1.54. The average Bonchev–Trinajstić information content (AvgIpc) is 2.40. The molecule has 1 saturated heterocycles. The Balaban J connectivity index is 2.05. The second-order valence-corrected chi connectivity index (χ2v) is 4.73. The van der Waals surface area contributed by atoms with Gasteiger partial charge in [0.05, 0.1) is 6.42 Å². The standard InChI is InChI=1S/C13H15F3N2O/c14-10-2-1-8(12(15)13(10)16)7-11(19)18-5-3-9(17)4-6-18/h1-2,9H,3-7,17H2. The molecule has 0 aliphatic carbocycles. The zero-order chi connectivity index (χ0) is 14.0. The number of nitrogens with zero attached hydrogens (tertiary/aromatic N) is 1. The minimum Gasteiger partial charge on any atom is -0.342 e. The number of rotatable bonds is 2. The second kappa shape index (κ2) is 5.61. The molecule has 2 N–H and O–H groups in total. The van der Waals surface area contributed by atoms with Gasteiger partial charge in [0.2, 0.25) is 5.91 Å². The van der Waals surface area contributed by atoms with Gasteiger partial charge in [0, 0.05) is 24.7 Å². The average molecular weight is 272 g/mol. The van der Waals surface area contributed by atoms with Crippen LogP contribution in [-0.4, -0.2) is 29.9 Å². The van der Waals surface area contributed by atoms with Crippen molar-refractivity contribution >= 4 is 5.91 Å². The summed E-state index contributed by atoms with van der Waals surface area (Å²) in [6, 6.07) is 2.01. The molecule has 19 heavy (non-hydrogen) atoms. The van der Waals surface area contributed by atoms with E-state index in [1.807, 2.05) is 0 Å². The summed E-state index contributed by atoms with van der Waals surface area (Å²) in [6.07, 6.45) is 1.14. The number of benzene rings is 1. The highest BCUT2D eigenvalue weighted by Crippen LogP contribution is 2.17. The molecular weight excluding hydrogens is 257 g/mol. The molecule has 0 bridgehead atoms. The highest BCUT2D eigenvalue weighted by Gasteiger charge is 2.22. The van der Waals surface area contributed by atoms with E-state index in [2.05, 4.69) is 0 Å². The number of halogens is 3. The zero-order valence-corrected chi connectivity index (χ0v) is 10.3. The van der Waals surface area contributed by atoms with Gasteiger partial charge in [-0.2, -0.15) is 0 Å². The third kappa shape index (κ3) is 3.07. The van der Waals surface area contributed by atoms with Crippen LogP contribution in [0.15, 0.2) is 12.1 Å². The van der Waals surface area contributed by atoms with Crippen LogP contribution in [0.5, 0.6) is 0 Å². The fraction of sp³-hybridized carbons (Fsp3) is 0.462. The Morgan fingerprint density at radius 3 is 2.47 bits per heavy atom. The van der Waals surface area contributed by atoms with E-state index in [9.17, 15) is 18.0 Å². The number of carbonyl (C=O) groups is 1. The molecule has 1 aliphatic rings. The number of likely N-dealkylation sites (tertiary alicyclic amines) is 1. The first-order valence-corrected chi connectivity index (χ1v) is 6.14. The predicted octanol–water partition coefficient (Wildman–Crippen LogP) is 1.60. The summed E-state index contributed by atoms with van der Waals surface area (Å²) >= 11 is 0. The summed E-state index contributed by atoms with van der Waals surface area (Å²) in [4.78, 5) is 13.5. The number of carbonyl (C=O) groups excluding carboxylic acids is 1. The van der Waals surface area contributed by atoms with Crippen LogP contribution >= 0.6 is 0 Å². The first kappa shape index (κ1) is 13.9. The molecule has 0 spiro atoms. The van der Waals surface area contributed by atoms with Crippen LogP contribution in [0, 0.1) is 17.5 Å². The molecule has 1 heterocycles. The molecule has 1 amide bonds. The van der Waals surface area contributed by atoms with E-state index in [1.165, 1.54) is 0 Å². The van der Waals surface area contributed by atoms with Crippen molar-refractivity contribution < 1.29 is 18.0 Å². The van der Waals surface area contributed by atoms with Crippen LogP contribution in [0.25, 0.3) is 0 Å². The maximum atomic E-state index is 13.4. The van der Waals surface area contributed by atoms with Crippen molar-refractivity contribution in [3.8, 4) is 0 Å². The van der Waals surface area contributed by atoms with Crippen molar-refractivity contribution in [2.24, 2.45) is 5.73 Å². The molecule has 1 aliphatic heterocycles. The highest BCUT2D eigenvalue weighted by atomic mass is 19.2. The lowest BCUT2D eigenvalue weighted by molar-refractivity contribution is -0.131. The molecule has 0 atom stereocenters. The summed E-state index contributed by atoms with van der Waals surface area (Å²) in [5, 5.41) is 0. The van der Waals surface area contributed by atoms with Crippen molar-refractivity contribution in [1.29, 1.82) is 0 Å². The molecular formula is C13H15F3N2O. The monoisotopic (exact) mass is 272 g/mol. The topological polar surface area (TPSA) is 46.3 Å². The predicted molar refractivity (Wildman–Crippen MR) is 63.8 cm³/mol. The normalized spacial score (nSPS) is 16.7. The minimum absolute atomic E-state index is 0.0871. The Labute approximate surface area is 109 Å². The Kier molecular flexibility index (Phi) is 4.09. The fourth-order valence-electron chi connectivity index (χ4n) is 2.13. The SMILES string of the molecule is NC1CCN(C(=O)Cc2ccc(F)c(F)c2F)CC1. The largest absolute Gasteiger partial charge is 0.342 e. The lowest BCUT2D eigenvalue weighted by Gasteiger charge is -2.30. The van der Waals surface area contributed by atoms with Crippen LogP contribution in [0.3, 0.4) is 0 Å². The van der Waals surface area contributed by atoms with Gasteiger partial charge in [-0.3, -0.25) is 4.79 Å². The van der Waals surface area contributed by atoms with Gasteiger partial charge in [-0.05, 0) is 18.9 Å². The second-order valence-electron chi connectivity index (χ2n) is 4.73. The summed E-state index contributed by atoms with van der Waals surface area (Å²) in [6.45, 7) is 1.04. The summed E-state index contributed by atoms with van der Waals surface area (Å²) in [5.41, 5.74) is 5.59. The van der Waals surface area contributed by atoms with E-state index in [1.54, 1.807) is 4.90 Å². The van der Waals surface area contributed by atoms with Crippen molar-refractivity contribution in [3.63, 3.8) is 0 Å². The van der Waals surface area contributed by atoms with Crippen LogP contribution in [-0.2, 0) is 11.2 Å². The van der Waals surface area contributed by atoms with Gasteiger partial charge >= 0.3 is 0 Å². The number of hydrogen-bond donors (Lipinski definition) is 1. The van der Waals surface area contributed by atoms with Crippen molar-refractivity contribution in [3.05, 3.63) is 35.1 Å². The first-order valence-electron chi connectivity index (χ1n) is 6.14. The third-order valence-electron chi connectivity index (χ3n) is 3.35. The molecule has 2 rings (SSSR count). The maximum Gasteiger partial charge on any atom is 0.227 e. The van der Waals surface area contributed by atoms with Crippen molar-refractivity contribution in [2.45, 2.75) is 25.3 Å². The van der Waals surface area contributed by atoms with Gasteiger partial charge in [0.1, 0.15) is 0 Å². The molecule has 1 aromatic rings. The molecule has 0 aromatic heterocycles. The van der Waals surface area contributed by atoms with Crippen LogP contribution in [0.4, 0.5) is 13.2 Å².